The molecule has 0 saturated carbocycles. The number of hydrogen-bond donors (Lipinski definition) is 1. The van der Waals surface area contributed by atoms with Crippen molar-refractivity contribution in [3.63, 3.8) is 0 Å². The third-order valence-corrected chi connectivity index (χ3v) is 5.38. The molecule has 3 rings (SSSR count). The topological polar surface area (TPSA) is 73.9 Å². The summed E-state index contributed by atoms with van der Waals surface area (Å²) in [5, 5.41) is 0. The average molecular weight is 349 g/mol. The Bertz CT molecular complexity index is 835. The van der Waals surface area contributed by atoms with Crippen LogP contribution >= 0.6 is 0 Å². The molecule has 1 aliphatic heterocycles. The Hall–Kier alpha value is -2.25. The Morgan fingerprint density at radius 1 is 1.08 bits per heavy atom. The molecule has 7 heteroatoms. The van der Waals surface area contributed by atoms with Gasteiger partial charge in [0.2, 0.25) is 10.0 Å². The van der Waals surface area contributed by atoms with Crippen LogP contribution < -0.4 is 18.9 Å². The Morgan fingerprint density at radius 2 is 1.83 bits per heavy atom. The molecule has 128 valence electrons. The maximum atomic E-state index is 12.6. The molecule has 0 aliphatic carbocycles. The van der Waals surface area contributed by atoms with E-state index in [9.17, 15) is 8.42 Å². The first-order chi connectivity index (χ1) is 11.5. The molecular weight excluding hydrogens is 330 g/mol. The van der Waals surface area contributed by atoms with Gasteiger partial charge in [0, 0.05) is 6.07 Å². The summed E-state index contributed by atoms with van der Waals surface area (Å²) in [7, 11) is -0.719. The number of sulfonamides is 1. The first kappa shape index (κ1) is 16.6. The summed E-state index contributed by atoms with van der Waals surface area (Å²) in [6.07, 6.45) is 0.586. The van der Waals surface area contributed by atoms with Gasteiger partial charge in [-0.05, 0) is 30.2 Å². The SMILES string of the molecule is COc1ccc(S(=O)(=O)NC2COc3ccccc3C2)cc1OC. The minimum atomic E-state index is -3.69. The fourth-order valence-electron chi connectivity index (χ4n) is 2.67. The van der Waals surface area contributed by atoms with E-state index in [1.807, 2.05) is 24.3 Å². The molecule has 0 radical (unpaired) electrons. The van der Waals surface area contributed by atoms with Crippen molar-refractivity contribution in [3.05, 3.63) is 48.0 Å². The van der Waals surface area contributed by atoms with Gasteiger partial charge in [-0.2, -0.15) is 0 Å². The number of ether oxygens (including phenoxy) is 3. The molecule has 0 amide bonds. The van der Waals surface area contributed by atoms with E-state index >= 15 is 0 Å². The van der Waals surface area contributed by atoms with Crippen LogP contribution in [0.5, 0.6) is 17.2 Å². The number of nitrogens with one attached hydrogen (secondary N) is 1. The van der Waals surface area contributed by atoms with Crippen molar-refractivity contribution in [2.75, 3.05) is 20.8 Å². The largest absolute Gasteiger partial charge is 0.493 e. The van der Waals surface area contributed by atoms with Crippen LogP contribution in [0, 0.1) is 0 Å². The number of methoxy groups -OCH3 is 2. The summed E-state index contributed by atoms with van der Waals surface area (Å²) in [4.78, 5) is 0.124. The van der Waals surface area contributed by atoms with Gasteiger partial charge in [0.05, 0.1) is 25.2 Å². The van der Waals surface area contributed by atoms with Crippen molar-refractivity contribution in [2.45, 2.75) is 17.4 Å². The normalized spacial score (nSPS) is 16.8. The number of rotatable bonds is 5. The quantitative estimate of drug-likeness (QED) is 0.894. The van der Waals surface area contributed by atoms with Gasteiger partial charge in [0.15, 0.2) is 11.5 Å². The smallest absolute Gasteiger partial charge is 0.241 e. The van der Waals surface area contributed by atoms with Crippen LogP contribution in [0.3, 0.4) is 0 Å². The standard InChI is InChI=1S/C17H19NO5S/c1-21-16-8-7-14(10-17(16)22-2)24(19,20)18-13-9-12-5-3-4-6-15(12)23-11-13/h3-8,10,13,18H,9,11H2,1-2H3. The van der Waals surface area contributed by atoms with E-state index in [4.69, 9.17) is 14.2 Å². The van der Waals surface area contributed by atoms with Gasteiger partial charge in [0.25, 0.3) is 0 Å². The van der Waals surface area contributed by atoms with Gasteiger partial charge in [0.1, 0.15) is 12.4 Å². The highest BCUT2D eigenvalue weighted by atomic mass is 32.2. The van der Waals surface area contributed by atoms with Gasteiger partial charge in [-0.25, -0.2) is 13.1 Å². The lowest BCUT2D eigenvalue weighted by molar-refractivity contribution is 0.254. The van der Waals surface area contributed by atoms with Gasteiger partial charge < -0.3 is 14.2 Å². The first-order valence-electron chi connectivity index (χ1n) is 7.48. The van der Waals surface area contributed by atoms with Crippen LogP contribution in [0.25, 0.3) is 0 Å². The first-order valence-corrected chi connectivity index (χ1v) is 8.97. The second-order valence-electron chi connectivity index (χ2n) is 5.46. The Labute approximate surface area is 141 Å². The van der Waals surface area contributed by atoms with Crippen LogP contribution in [0.15, 0.2) is 47.4 Å². The van der Waals surface area contributed by atoms with Crippen molar-refractivity contribution >= 4 is 10.0 Å². The van der Waals surface area contributed by atoms with Gasteiger partial charge >= 0.3 is 0 Å². The zero-order valence-corrected chi connectivity index (χ0v) is 14.3. The Morgan fingerprint density at radius 3 is 2.58 bits per heavy atom. The summed E-state index contributed by atoms with van der Waals surface area (Å²) in [5.74, 6) is 1.65. The van der Waals surface area contributed by atoms with Crippen molar-refractivity contribution in [3.8, 4) is 17.2 Å². The van der Waals surface area contributed by atoms with Crippen molar-refractivity contribution < 1.29 is 22.6 Å². The Kier molecular flexibility index (Phi) is 4.64. The van der Waals surface area contributed by atoms with Crippen molar-refractivity contribution in [1.29, 1.82) is 0 Å². The van der Waals surface area contributed by atoms with E-state index in [0.29, 0.717) is 24.5 Å². The van der Waals surface area contributed by atoms with E-state index in [1.165, 1.54) is 26.4 Å². The molecule has 6 nitrogen and oxygen atoms in total. The molecule has 1 unspecified atom stereocenters. The molecule has 0 bridgehead atoms. The summed E-state index contributed by atoms with van der Waals surface area (Å²) >= 11 is 0. The molecule has 24 heavy (non-hydrogen) atoms. The molecule has 0 fully saturated rings. The molecule has 2 aromatic carbocycles. The predicted octanol–water partition coefficient (Wildman–Crippen LogP) is 1.99. The van der Waals surface area contributed by atoms with E-state index in [0.717, 1.165) is 11.3 Å². The van der Waals surface area contributed by atoms with Gasteiger partial charge in [-0.15, -0.1) is 0 Å². The molecule has 0 spiro atoms. The van der Waals surface area contributed by atoms with Gasteiger partial charge in [-0.1, -0.05) is 18.2 Å². The number of hydrogen-bond acceptors (Lipinski definition) is 5. The van der Waals surface area contributed by atoms with E-state index < -0.39 is 10.0 Å². The Balaban J connectivity index is 1.80. The number of fused-ring (bicyclic) bond motifs is 1. The maximum Gasteiger partial charge on any atom is 0.241 e. The molecule has 2 aromatic rings. The highest BCUT2D eigenvalue weighted by Gasteiger charge is 2.26. The molecule has 0 aromatic heterocycles. The van der Waals surface area contributed by atoms with Crippen molar-refractivity contribution in [1.82, 2.24) is 4.72 Å². The van der Waals surface area contributed by atoms with Crippen LogP contribution in [0.2, 0.25) is 0 Å². The minimum Gasteiger partial charge on any atom is -0.493 e. The average Bonchev–Trinajstić information content (AvgIpc) is 2.60. The molecule has 1 heterocycles. The lowest BCUT2D eigenvalue weighted by atomic mass is 10.0. The monoisotopic (exact) mass is 349 g/mol. The van der Waals surface area contributed by atoms with Crippen molar-refractivity contribution in [2.24, 2.45) is 0 Å². The third kappa shape index (κ3) is 3.32. The molecule has 1 atom stereocenters. The predicted molar refractivity (Wildman–Crippen MR) is 89.3 cm³/mol. The summed E-state index contributed by atoms with van der Waals surface area (Å²) < 4.78 is 43.9. The molecule has 0 saturated heterocycles. The van der Waals surface area contributed by atoms with E-state index in [-0.39, 0.29) is 10.9 Å². The lowest BCUT2D eigenvalue weighted by Crippen LogP contribution is -2.42. The lowest BCUT2D eigenvalue weighted by Gasteiger charge is -2.26. The van der Waals surface area contributed by atoms with Gasteiger partial charge in [-0.3, -0.25) is 0 Å². The summed E-state index contributed by atoms with van der Waals surface area (Å²) in [6, 6.07) is 11.8. The van der Waals surface area contributed by atoms with Crippen LogP contribution in [-0.4, -0.2) is 35.3 Å². The third-order valence-electron chi connectivity index (χ3n) is 3.87. The van der Waals surface area contributed by atoms with E-state index in [2.05, 4.69) is 4.72 Å². The van der Waals surface area contributed by atoms with Crippen LogP contribution in [-0.2, 0) is 16.4 Å². The highest BCUT2D eigenvalue weighted by molar-refractivity contribution is 7.89. The van der Waals surface area contributed by atoms with Crippen LogP contribution in [0.4, 0.5) is 0 Å². The zero-order valence-electron chi connectivity index (χ0n) is 13.5. The fourth-order valence-corrected chi connectivity index (χ4v) is 3.91. The minimum absolute atomic E-state index is 0.124. The second-order valence-corrected chi connectivity index (χ2v) is 7.17. The maximum absolute atomic E-state index is 12.6. The second kappa shape index (κ2) is 6.70. The highest BCUT2D eigenvalue weighted by Crippen LogP contribution is 2.30. The molecule has 1 N–H and O–H groups in total. The zero-order chi connectivity index (χ0) is 17.2. The molecule has 1 aliphatic rings. The van der Waals surface area contributed by atoms with E-state index in [1.54, 1.807) is 6.07 Å². The summed E-state index contributed by atoms with van der Waals surface area (Å²) in [5.41, 5.74) is 0.990. The fraction of sp³-hybridized carbons (Fsp3) is 0.294. The summed E-state index contributed by atoms with van der Waals surface area (Å²) in [6.45, 7) is 0.295. The molecular formula is C17H19NO5S. The number of para-hydroxylation sites is 1. The van der Waals surface area contributed by atoms with Crippen LogP contribution in [0.1, 0.15) is 5.56 Å². The number of benzene rings is 2.